The molecule has 0 atom stereocenters. The topological polar surface area (TPSA) is 0 Å². The number of hydrogen-bond acceptors (Lipinski definition) is 3. The summed E-state index contributed by atoms with van der Waals surface area (Å²) in [5.41, 5.74) is 0. The van der Waals surface area contributed by atoms with Gasteiger partial charge in [-0.25, -0.2) is 0 Å². The molecule has 0 aliphatic rings. The molecule has 0 aliphatic heterocycles. The Labute approximate surface area is 122 Å². The van der Waals surface area contributed by atoms with E-state index in [2.05, 4.69) is 63.0 Å². The lowest BCUT2D eigenvalue weighted by Crippen LogP contribution is -2.12. The molecule has 0 N–H and O–H groups in total. The highest BCUT2D eigenvalue weighted by Gasteiger charge is 2.24. The molecule has 0 nitrogen and oxygen atoms in total. The molecule has 0 aromatic heterocycles. The summed E-state index contributed by atoms with van der Waals surface area (Å²) in [4.78, 5) is 0. The summed E-state index contributed by atoms with van der Waals surface area (Å²) in [6, 6.07) is 0. The van der Waals surface area contributed by atoms with Crippen LogP contribution in [0.2, 0.25) is 0 Å². The maximum absolute atomic E-state index is 2.44. The molecule has 0 saturated carbocycles. The molecule has 0 aromatic rings. The number of hydrogen-bond donors (Lipinski definition) is 0. The molecule has 0 saturated heterocycles. The third-order valence-electron chi connectivity index (χ3n) is 2.59. The van der Waals surface area contributed by atoms with Crippen LogP contribution in [0, 0.1) is 0 Å². The van der Waals surface area contributed by atoms with Gasteiger partial charge in [-0.05, 0) is 43.4 Å². The summed E-state index contributed by atoms with van der Waals surface area (Å²) >= 11 is 6.53. The third-order valence-corrected chi connectivity index (χ3v) is 7.76. The Bertz CT molecular complexity index is 133. The molecule has 17 heavy (non-hydrogen) atoms. The van der Waals surface area contributed by atoms with E-state index in [1.165, 1.54) is 55.8 Å². The van der Waals surface area contributed by atoms with Gasteiger partial charge in [-0.2, -0.15) is 0 Å². The van der Waals surface area contributed by atoms with E-state index in [-0.39, 0.29) is 0 Å². The van der Waals surface area contributed by atoms with E-state index in [0.29, 0.717) is 3.41 Å². The molecule has 0 heterocycles. The van der Waals surface area contributed by atoms with Crippen molar-refractivity contribution >= 4 is 35.3 Å². The smallest absolute Gasteiger partial charge is 0.104 e. The molecule has 0 aliphatic carbocycles. The van der Waals surface area contributed by atoms with Crippen LogP contribution >= 0.6 is 35.3 Å². The van der Waals surface area contributed by atoms with Gasteiger partial charge < -0.3 is 0 Å². The first kappa shape index (κ1) is 18.0. The maximum atomic E-state index is 2.44. The minimum absolute atomic E-state index is 0.402. The molecule has 104 valence electrons. The second kappa shape index (κ2) is 12.1. The van der Waals surface area contributed by atoms with Crippen molar-refractivity contribution in [3.63, 3.8) is 0 Å². The van der Waals surface area contributed by atoms with Crippen LogP contribution in [0.3, 0.4) is 0 Å². The van der Waals surface area contributed by atoms with Crippen LogP contribution in [-0.2, 0) is 0 Å². The van der Waals surface area contributed by atoms with Crippen LogP contribution in [0.25, 0.3) is 0 Å². The van der Waals surface area contributed by atoms with Crippen molar-refractivity contribution in [1.29, 1.82) is 0 Å². The average Bonchev–Trinajstić information content (AvgIpc) is 2.30. The van der Waals surface area contributed by atoms with Crippen LogP contribution in [0.1, 0.15) is 66.2 Å². The molecule has 0 fully saturated rings. The number of thioether (sulfide) groups is 3. The fraction of sp³-hybridized carbons (Fsp3) is 1.00. The van der Waals surface area contributed by atoms with Gasteiger partial charge in [0.25, 0.3) is 0 Å². The van der Waals surface area contributed by atoms with E-state index >= 15 is 0 Å². The molecule has 0 rings (SSSR count). The molecular weight excluding hydrogens is 264 g/mol. The number of unbranched alkanes of at least 4 members (excludes halogenated alkanes) is 3. The summed E-state index contributed by atoms with van der Waals surface area (Å²) < 4.78 is 0.402. The van der Waals surface area contributed by atoms with E-state index in [0.717, 1.165) is 0 Å². The molecule has 0 amide bonds. The van der Waals surface area contributed by atoms with Gasteiger partial charge in [-0.1, -0.05) is 40.0 Å². The second-order valence-corrected chi connectivity index (χ2v) is 9.78. The molecule has 0 radical (unpaired) electrons. The Morgan fingerprint density at radius 2 is 0.941 bits per heavy atom. The summed E-state index contributed by atoms with van der Waals surface area (Å²) in [7, 11) is 0. The predicted molar refractivity (Wildman–Crippen MR) is 90.5 cm³/mol. The molecule has 3 heteroatoms. The Kier molecular flexibility index (Phi) is 12.9. The van der Waals surface area contributed by atoms with E-state index < -0.39 is 0 Å². The van der Waals surface area contributed by atoms with Gasteiger partial charge in [0.1, 0.15) is 3.41 Å². The first-order valence-electron chi connectivity index (χ1n) is 7.10. The highest BCUT2D eigenvalue weighted by atomic mass is 32.3. The lowest BCUT2D eigenvalue weighted by molar-refractivity contribution is 0.888. The van der Waals surface area contributed by atoms with Gasteiger partial charge in [0.15, 0.2) is 0 Å². The van der Waals surface area contributed by atoms with Crippen molar-refractivity contribution in [3.05, 3.63) is 0 Å². The van der Waals surface area contributed by atoms with Crippen molar-refractivity contribution in [2.75, 3.05) is 17.3 Å². The normalized spacial score (nSPS) is 12.0. The molecule has 0 unspecified atom stereocenters. The van der Waals surface area contributed by atoms with Crippen LogP contribution in [-0.4, -0.2) is 20.7 Å². The Hall–Kier alpha value is 1.05. The van der Waals surface area contributed by atoms with E-state index in [1.807, 2.05) is 0 Å². The molecular formula is C14H30S3. The predicted octanol–water partition coefficient (Wildman–Crippen LogP) is 6.26. The zero-order chi connectivity index (χ0) is 13.0. The van der Waals surface area contributed by atoms with Crippen LogP contribution in [0.4, 0.5) is 0 Å². The fourth-order valence-corrected chi connectivity index (χ4v) is 6.24. The summed E-state index contributed by atoms with van der Waals surface area (Å²) in [5, 5.41) is 0. The SMILES string of the molecule is CCCCSC(C)(SCCCC)SCCCC. The van der Waals surface area contributed by atoms with Crippen molar-refractivity contribution in [1.82, 2.24) is 0 Å². The van der Waals surface area contributed by atoms with Crippen LogP contribution < -0.4 is 0 Å². The Morgan fingerprint density at radius 3 is 1.18 bits per heavy atom. The zero-order valence-corrected chi connectivity index (χ0v) is 14.5. The van der Waals surface area contributed by atoms with Crippen molar-refractivity contribution in [2.24, 2.45) is 0 Å². The Morgan fingerprint density at radius 1 is 0.647 bits per heavy atom. The highest BCUT2D eigenvalue weighted by molar-refractivity contribution is 8.33. The molecule has 0 bridgehead atoms. The fourth-order valence-electron chi connectivity index (χ4n) is 1.33. The van der Waals surface area contributed by atoms with Gasteiger partial charge in [-0.3, -0.25) is 0 Å². The Balaban J connectivity index is 3.95. The monoisotopic (exact) mass is 294 g/mol. The van der Waals surface area contributed by atoms with Crippen LogP contribution in [0.5, 0.6) is 0 Å². The quantitative estimate of drug-likeness (QED) is 0.308. The minimum Gasteiger partial charge on any atom is -0.134 e. The van der Waals surface area contributed by atoms with Gasteiger partial charge in [0.05, 0.1) is 0 Å². The van der Waals surface area contributed by atoms with Crippen molar-refractivity contribution < 1.29 is 0 Å². The third kappa shape index (κ3) is 10.6. The van der Waals surface area contributed by atoms with Gasteiger partial charge >= 0.3 is 0 Å². The minimum atomic E-state index is 0.402. The zero-order valence-electron chi connectivity index (χ0n) is 12.1. The van der Waals surface area contributed by atoms with E-state index in [1.54, 1.807) is 0 Å². The van der Waals surface area contributed by atoms with Gasteiger partial charge in [0, 0.05) is 0 Å². The van der Waals surface area contributed by atoms with Crippen LogP contribution in [0.15, 0.2) is 0 Å². The maximum Gasteiger partial charge on any atom is 0.104 e. The second-order valence-electron chi connectivity index (χ2n) is 4.47. The van der Waals surface area contributed by atoms with Gasteiger partial charge in [0.2, 0.25) is 0 Å². The molecule has 0 aromatic carbocycles. The lowest BCUT2D eigenvalue weighted by Gasteiger charge is -2.28. The summed E-state index contributed by atoms with van der Waals surface area (Å²) in [6.45, 7) is 9.29. The average molecular weight is 295 g/mol. The highest BCUT2D eigenvalue weighted by Crippen LogP contribution is 2.47. The van der Waals surface area contributed by atoms with E-state index in [9.17, 15) is 0 Å². The number of rotatable bonds is 12. The van der Waals surface area contributed by atoms with Gasteiger partial charge in [-0.15, -0.1) is 35.3 Å². The van der Waals surface area contributed by atoms with E-state index in [4.69, 9.17) is 0 Å². The first-order valence-corrected chi connectivity index (χ1v) is 10.1. The summed E-state index contributed by atoms with van der Waals surface area (Å²) in [6.07, 6.45) is 8.06. The first-order chi connectivity index (χ1) is 8.18. The standard InChI is InChI=1S/C14H30S3/c1-5-8-11-15-14(4,16-12-9-6-2)17-13-10-7-3/h5-13H2,1-4H3. The largest absolute Gasteiger partial charge is 0.134 e. The molecule has 0 spiro atoms. The lowest BCUT2D eigenvalue weighted by atomic mass is 10.4. The van der Waals surface area contributed by atoms with Crippen molar-refractivity contribution in [3.8, 4) is 0 Å². The van der Waals surface area contributed by atoms with Crippen molar-refractivity contribution in [2.45, 2.75) is 69.6 Å². The summed E-state index contributed by atoms with van der Waals surface area (Å²) in [5.74, 6) is 3.97.